The number of carbonyl (C=O) groups is 1. The summed E-state index contributed by atoms with van der Waals surface area (Å²) in [5.74, 6) is 0.319. The first kappa shape index (κ1) is 29.8. The maximum absolute atomic E-state index is 13.6. The second-order valence-electron chi connectivity index (χ2n) is 12.7. The molecule has 0 saturated carbocycles. The lowest BCUT2D eigenvalue weighted by Gasteiger charge is -2.32. The number of anilines is 1. The average molecular weight is 593 g/mol. The molecule has 3 heterocycles. The van der Waals surface area contributed by atoms with Crippen LogP contribution in [-0.4, -0.2) is 54.2 Å². The molecule has 2 aliphatic heterocycles. The molecular formula is C32H40N4O5S. The third kappa shape index (κ3) is 6.38. The van der Waals surface area contributed by atoms with Gasteiger partial charge in [0.15, 0.2) is 0 Å². The molecule has 5 rings (SSSR count). The minimum atomic E-state index is -4.00. The summed E-state index contributed by atoms with van der Waals surface area (Å²) in [7, 11) is -4.00. The molecule has 9 nitrogen and oxygen atoms in total. The largest absolute Gasteiger partial charge is 0.472 e. The van der Waals surface area contributed by atoms with Gasteiger partial charge in [-0.2, -0.15) is 4.98 Å². The van der Waals surface area contributed by atoms with Gasteiger partial charge in [0.2, 0.25) is 11.8 Å². The van der Waals surface area contributed by atoms with Gasteiger partial charge in [0.1, 0.15) is 11.7 Å². The molecule has 0 aliphatic carbocycles. The van der Waals surface area contributed by atoms with Crippen molar-refractivity contribution in [2.75, 3.05) is 17.8 Å². The van der Waals surface area contributed by atoms with Crippen LogP contribution in [0.2, 0.25) is 0 Å². The van der Waals surface area contributed by atoms with E-state index in [2.05, 4.69) is 28.5 Å². The van der Waals surface area contributed by atoms with Crippen LogP contribution in [0.4, 0.5) is 10.7 Å². The first-order valence-electron chi connectivity index (χ1n) is 14.4. The molecule has 3 atom stereocenters. The summed E-state index contributed by atoms with van der Waals surface area (Å²) in [6, 6.07) is 14.7. The van der Waals surface area contributed by atoms with E-state index < -0.39 is 27.8 Å². The Morgan fingerprint density at radius 1 is 1.05 bits per heavy atom. The number of sulfonamides is 1. The number of nitrogens with one attached hydrogen (secondary N) is 1. The van der Waals surface area contributed by atoms with Gasteiger partial charge < -0.3 is 14.4 Å². The molecule has 1 amide bonds. The second-order valence-corrected chi connectivity index (χ2v) is 14.4. The third-order valence-electron chi connectivity index (χ3n) is 7.95. The molecule has 0 spiro atoms. The minimum Gasteiger partial charge on any atom is -0.472 e. The summed E-state index contributed by atoms with van der Waals surface area (Å²) in [5.41, 5.74) is 3.65. The van der Waals surface area contributed by atoms with Gasteiger partial charge in [0.25, 0.3) is 10.0 Å². The second kappa shape index (κ2) is 11.2. The number of fused-ring (bicyclic) bond motifs is 7. The fourth-order valence-corrected chi connectivity index (χ4v) is 6.99. The van der Waals surface area contributed by atoms with Crippen LogP contribution in [0.25, 0.3) is 11.3 Å². The van der Waals surface area contributed by atoms with E-state index in [4.69, 9.17) is 9.47 Å². The van der Waals surface area contributed by atoms with Crippen LogP contribution >= 0.6 is 0 Å². The number of hydrogen-bond acceptors (Lipinski definition) is 7. The molecule has 1 aromatic heterocycles. The predicted molar refractivity (Wildman–Crippen MR) is 162 cm³/mol. The maximum atomic E-state index is 13.6. The molecule has 2 aromatic carbocycles. The van der Waals surface area contributed by atoms with E-state index in [1.165, 1.54) is 0 Å². The molecular weight excluding hydrogens is 552 g/mol. The number of ether oxygens (including phenoxy) is 2. The number of likely N-dealkylation sites (tertiary alicyclic amines) is 1. The number of aromatic nitrogens is 2. The van der Waals surface area contributed by atoms with Crippen LogP contribution < -0.4 is 9.46 Å². The van der Waals surface area contributed by atoms with E-state index in [1.807, 2.05) is 58.9 Å². The Hall–Kier alpha value is -3.66. The Morgan fingerprint density at radius 2 is 1.74 bits per heavy atom. The summed E-state index contributed by atoms with van der Waals surface area (Å²) >= 11 is 0. The van der Waals surface area contributed by atoms with Crippen molar-refractivity contribution in [2.45, 2.75) is 77.4 Å². The van der Waals surface area contributed by atoms with Gasteiger partial charge in [0, 0.05) is 18.2 Å². The lowest BCUT2D eigenvalue weighted by molar-refractivity contribution is 0.0161. The van der Waals surface area contributed by atoms with Crippen molar-refractivity contribution in [2.24, 2.45) is 11.8 Å². The number of hydrogen-bond donors (Lipinski definition) is 1. The highest BCUT2D eigenvalue weighted by molar-refractivity contribution is 7.92. The van der Waals surface area contributed by atoms with E-state index in [-0.39, 0.29) is 34.5 Å². The number of aryl methyl sites for hydroxylation is 2. The SMILES string of the molecule is Cc1cccc(C)c1-c1cc2nc(n1)NS(=O)(=O)c1cccc(c1)C1C[C@@H](CN(C(=O)OC(C)(C)C)CC1C(C)C)O2. The van der Waals surface area contributed by atoms with Crippen molar-refractivity contribution in [1.29, 1.82) is 0 Å². The van der Waals surface area contributed by atoms with Crippen LogP contribution in [0.5, 0.6) is 5.88 Å². The van der Waals surface area contributed by atoms with Gasteiger partial charge in [-0.25, -0.2) is 22.9 Å². The van der Waals surface area contributed by atoms with Gasteiger partial charge in [0.05, 0.1) is 17.1 Å². The molecule has 2 aliphatic rings. The Morgan fingerprint density at radius 3 is 2.40 bits per heavy atom. The van der Waals surface area contributed by atoms with Gasteiger partial charge in [-0.05, 0) is 87.6 Å². The molecule has 2 unspecified atom stereocenters. The van der Waals surface area contributed by atoms with Crippen LogP contribution in [0.3, 0.4) is 0 Å². The Bertz CT molecular complexity index is 1580. The standard InChI is InChI=1S/C32H40N4O5S/c1-19(2)26-18-36(31(37)41-32(5,6)7)17-23-15-25(26)22-12-9-13-24(14-22)42(38,39)35-30-33-27(16-28(34-30)40-23)29-20(3)10-8-11-21(29)4/h8-14,16,19,23,25-26H,15,17-18H2,1-7H3,(H,33,34,35)/t23-,25?,26?/m0/s1. The zero-order chi connectivity index (χ0) is 30.4. The van der Waals surface area contributed by atoms with Crippen molar-refractivity contribution in [1.82, 2.24) is 14.9 Å². The zero-order valence-electron chi connectivity index (χ0n) is 25.3. The van der Waals surface area contributed by atoms with E-state index in [1.54, 1.807) is 29.2 Å². The molecule has 6 bridgehead atoms. The third-order valence-corrected chi connectivity index (χ3v) is 9.27. The lowest BCUT2D eigenvalue weighted by Crippen LogP contribution is -2.43. The molecule has 1 N–H and O–H groups in total. The summed E-state index contributed by atoms with van der Waals surface area (Å²) in [6.45, 7) is 14.5. The van der Waals surface area contributed by atoms with Crippen LogP contribution in [0.15, 0.2) is 53.4 Å². The monoisotopic (exact) mass is 592 g/mol. The van der Waals surface area contributed by atoms with Crippen molar-refractivity contribution < 1.29 is 22.7 Å². The van der Waals surface area contributed by atoms with Gasteiger partial charge in [-0.15, -0.1) is 0 Å². The quantitative estimate of drug-likeness (QED) is 0.371. The number of nitrogens with zero attached hydrogens (tertiary/aromatic N) is 3. The number of rotatable bonds is 2. The molecule has 1 fully saturated rings. The Labute approximate surface area is 248 Å². The van der Waals surface area contributed by atoms with Crippen LogP contribution in [0.1, 0.15) is 63.6 Å². The van der Waals surface area contributed by atoms with Crippen molar-refractivity contribution in [3.8, 4) is 17.1 Å². The van der Waals surface area contributed by atoms with E-state index >= 15 is 0 Å². The highest BCUT2D eigenvalue weighted by Crippen LogP contribution is 2.40. The van der Waals surface area contributed by atoms with Gasteiger partial charge in [-0.1, -0.05) is 44.2 Å². The predicted octanol–water partition coefficient (Wildman–Crippen LogP) is 6.32. The highest BCUT2D eigenvalue weighted by atomic mass is 32.2. The summed E-state index contributed by atoms with van der Waals surface area (Å²) < 4.78 is 42.1. The van der Waals surface area contributed by atoms with E-state index in [0.717, 1.165) is 22.3 Å². The first-order valence-corrected chi connectivity index (χ1v) is 15.9. The van der Waals surface area contributed by atoms with Gasteiger partial charge >= 0.3 is 6.09 Å². The molecule has 3 aromatic rings. The van der Waals surface area contributed by atoms with Crippen molar-refractivity contribution in [3.05, 3.63) is 65.2 Å². The van der Waals surface area contributed by atoms with E-state index in [9.17, 15) is 13.2 Å². The fourth-order valence-electron chi connectivity index (χ4n) is 5.99. The van der Waals surface area contributed by atoms with E-state index in [0.29, 0.717) is 25.2 Å². The molecule has 0 radical (unpaired) electrons. The number of benzene rings is 2. The average Bonchev–Trinajstić information content (AvgIpc) is 3.07. The highest BCUT2D eigenvalue weighted by Gasteiger charge is 2.39. The van der Waals surface area contributed by atoms with Gasteiger partial charge in [-0.3, -0.25) is 0 Å². The lowest BCUT2D eigenvalue weighted by atomic mass is 9.77. The first-order chi connectivity index (χ1) is 19.7. The summed E-state index contributed by atoms with van der Waals surface area (Å²) in [4.78, 5) is 24.4. The number of amides is 1. The Balaban J connectivity index is 1.68. The summed E-state index contributed by atoms with van der Waals surface area (Å²) in [6.07, 6.45) is -0.263. The minimum absolute atomic E-state index is 0.0334. The van der Waals surface area contributed by atoms with Crippen molar-refractivity contribution >= 4 is 22.1 Å². The smallest absolute Gasteiger partial charge is 0.410 e. The van der Waals surface area contributed by atoms with Crippen LogP contribution in [-0.2, 0) is 14.8 Å². The number of carbonyl (C=O) groups excluding carboxylic acids is 1. The topological polar surface area (TPSA) is 111 Å². The summed E-state index contributed by atoms with van der Waals surface area (Å²) in [5, 5.41) is 0. The molecule has 1 saturated heterocycles. The molecule has 42 heavy (non-hydrogen) atoms. The fraction of sp³-hybridized carbons (Fsp3) is 0.469. The molecule has 10 heteroatoms. The molecule has 224 valence electrons. The zero-order valence-corrected chi connectivity index (χ0v) is 26.2. The normalized spacial score (nSPS) is 21.7. The van der Waals surface area contributed by atoms with Crippen molar-refractivity contribution in [3.63, 3.8) is 0 Å². The maximum Gasteiger partial charge on any atom is 0.410 e. The van der Waals surface area contributed by atoms with Crippen LogP contribution in [0, 0.1) is 25.7 Å². The Kier molecular flexibility index (Phi) is 7.96.